The van der Waals surface area contributed by atoms with Gasteiger partial charge in [-0.3, -0.25) is 0 Å². The maximum absolute atomic E-state index is 3.98. The van der Waals surface area contributed by atoms with E-state index in [2.05, 4.69) is 201 Å². The van der Waals surface area contributed by atoms with Crippen LogP contribution in [0.5, 0.6) is 0 Å². The summed E-state index contributed by atoms with van der Waals surface area (Å²) in [6, 6.07) is 30.9. The van der Waals surface area contributed by atoms with Crippen LogP contribution in [0.4, 0.5) is 0 Å². The van der Waals surface area contributed by atoms with Crippen LogP contribution in [0, 0.1) is 0 Å². The van der Waals surface area contributed by atoms with Crippen LogP contribution >= 0.6 is 0 Å². The molecule has 254 valence electrons. The third-order valence-electron chi connectivity index (χ3n) is 10.3. The smallest absolute Gasteiger partial charge is 0.169 e. The number of aromatic nitrogens is 7. The van der Waals surface area contributed by atoms with Gasteiger partial charge in [-0.05, 0) is 71.5 Å². The van der Waals surface area contributed by atoms with E-state index in [0.29, 0.717) is 0 Å². The molecule has 7 aromatic heterocycles. The summed E-state index contributed by atoms with van der Waals surface area (Å²) in [4.78, 5) is 11.7. The van der Waals surface area contributed by atoms with Gasteiger partial charge in [0.1, 0.15) is 28.2 Å². The Labute approximate surface area is 302 Å². The number of H-pyrrole nitrogens is 3. The van der Waals surface area contributed by atoms with Crippen molar-refractivity contribution in [3.63, 3.8) is 0 Å². The van der Waals surface area contributed by atoms with Gasteiger partial charge in [0.2, 0.25) is 0 Å². The van der Waals surface area contributed by atoms with Crippen LogP contribution in [0.3, 0.4) is 0 Å². The molecule has 1 saturated heterocycles. The van der Waals surface area contributed by atoms with Gasteiger partial charge in [0.15, 0.2) is 49.6 Å². The van der Waals surface area contributed by atoms with Gasteiger partial charge >= 0.3 is 0 Å². The highest BCUT2D eigenvalue weighted by Crippen LogP contribution is 2.37. The highest BCUT2D eigenvalue weighted by molar-refractivity contribution is 5.87. The Morgan fingerprint density at radius 1 is 0.346 bits per heavy atom. The number of hydrogen-bond acceptors (Lipinski definition) is 1. The Balaban J connectivity index is 1.38. The fraction of sp³-hybridized carbons (Fsp3) is 0.136. The zero-order valence-electron chi connectivity index (χ0n) is 29.9. The average Bonchev–Trinajstić information content (AvgIpc) is 3.99. The molecule has 8 nitrogen and oxygen atoms in total. The van der Waals surface area contributed by atoms with Crippen LogP contribution in [-0.4, -0.2) is 15.0 Å². The Bertz CT molecular complexity index is 2460. The topological polar surface area (TPSA) is 74.9 Å². The van der Waals surface area contributed by atoms with Gasteiger partial charge in [-0.1, -0.05) is 0 Å². The predicted octanol–water partition coefficient (Wildman–Crippen LogP) is 3.38. The molecule has 0 aromatic carbocycles. The van der Waals surface area contributed by atoms with E-state index in [0.717, 1.165) is 79.7 Å². The van der Waals surface area contributed by atoms with Crippen LogP contribution in [-0.2, 0) is 28.2 Å². The second kappa shape index (κ2) is 12.7. The van der Waals surface area contributed by atoms with Gasteiger partial charge < -0.3 is 20.3 Å². The quantitative estimate of drug-likeness (QED) is 0.212. The average molecular weight is 683 g/mol. The number of allylic oxidation sites excluding steroid dienone is 2. The molecule has 52 heavy (non-hydrogen) atoms. The van der Waals surface area contributed by atoms with E-state index >= 15 is 0 Å². The minimum Gasteiger partial charge on any atom is -0.361 e. The second-order valence-electron chi connectivity index (χ2n) is 13.9. The van der Waals surface area contributed by atoms with Crippen molar-refractivity contribution < 1.29 is 18.3 Å². The molecule has 4 N–H and O–H groups in total. The molecular formula is C44H42N8+4. The SMILES string of the molecule is C[n+]1ccc(/C2=C3\CC/C(=C(\c4cc[n+](C)cc4)c4ccc([nH]4)/C(c4cc[n+](C)cc4)=c4/cc/c([nH]4)=C(\c4cc[n+](C)cc4)c4ccc2[nH]4)N3)cc1. The summed E-state index contributed by atoms with van der Waals surface area (Å²) in [5, 5.41) is 6.05. The number of aryl methyl sites for hydroxylation is 4. The van der Waals surface area contributed by atoms with Crippen LogP contribution < -0.4 is 34.3 Å². The number of rotatable bonds is 4. The lowest BCUT2D eigenvalue weighted by molar-refractivity contribution is -0.671. The summed E-state index contributed by atoms with van der Waals surface area (Å²) in [6.45, 7) is 0. The third kappa shape index (κ3) is 5.68. The second-order valence-corrected chi connectivity index (χ2v) is 13.9. The van der Waals surface area contributed by atoms with Crippen molar-refractivity contribution in [1.29, 1.82) is 0 Å². The molecule has 0 atom stereocenters. The lowest BCUT2D eigenvalue weighted by Crippen LogP contribution is -2.26. The van der Waals surface area contributed by atoms with Gasteiger partial charge in [-0.25, -0.2) is 18.3 Å². The third-order valence-corrected chi connectivity index (χ3v) is 10.3. The molecule has 2 aliphatic heterocycles. The van der Waals surface area contributed by atoms with Crippen molar-refractivity contribution in [3.05, 3.63) is 202 Å². The minimum absolute atomic E-state index is 0.890. The van der Waals surface area contributed by atoms with E-state index in [1.54, 1.807) is 0 Å². The van der Waals surface area contributed by atoms with Gasteiger partial charge in [0, 0.05) is 116 Å². The lowest BCUT2D eigenvalue weighted by atomic mass is 10.00. The summed E-state index contributed by atoms with van der Waals surface area (Å²) < 4.78 is 8.31. The van der Waals surface area contributed by atoms with Gasteiger partial charge in [-0.2, -0.15) is 0 Å². The van der Waals surface area contributed by atoms with Gasteiger partial charge in [0.05, 0.1) is 0 Å². The fourth-order valence-corrected chi connectivity index (χ4v) is 7.56. The molecule has 0 spiro atoms. The van der Waals surface area contributed by atoms with E-state index in [-0.39, 0.29) is 0 Å². The first-order chi connectivity index (χ1) is 25.4. The number of nitrogens with one attached hydrogen (secondary N) is 4. The molecule has 0 unspecified atom stereocenters. The minimum atomic E-state index is 0.890. The molecule has 0 saturated carbocycles. The van der Waals surface area contributed by atoms with Crippen molar-refractivity contribution in [2.75, 3.05) is 0 Å². The molecule has 7 aromatic rings. The highest BCUT2D eigenvalue weighted by atomic mass is 15.0. The van der Waals surface area contributed by atoms with E-state index in [4.69, 9.17) is 0 Å². The molecule has 8 bridgehead atoms. The van der Waals surface area contributed by atoms with E-state index < -0.39 is 0 Å². The molecule has 0 radical (unpaired) electrons. The van der Waals surface area contributed by atoms with Crippen LogP contribution in [0.25, 0.3) is 22.3 Å². The number of nitrogens with zero attached hydrogens (tertiary/aromatic N) is 4. The molecule has 0 aliphatic carbocycles. The van der Waals surface area contributed by atoms with E-state index in [1.165, 1.54) is 22.5 Å². The first-order valence-electron chi connectivity index (χ1n) is 17.8. The van der Waals surface area contributed by atoms with Crippen LogP contribution in [0.1, 0.15) is 57.9 Å². The zero-order chi connectivity index (χ0) is 35.3. The van der Waals surface area contributed by atoms with Crippen molar-refractivity contribution >= 4 is 22.3 Å². The molecule has 0 amide bonds. The van der Waals surface area contributed by atoms with E-state index in [1.807, 2.05) is 0 Å². The number of aromatic amines is 3. The predicted molar refractivity (Wildman–Crippen MR) is 200 cm³/mol. The molecular weight excluding hydrogens is 641 g/mol. The van der Waals surface area contributed by atoms with Crippen LogP contribution in [0.15, 0.2) is 146 Å². The Morgan fingerprint density at radius 3 is 0.962 bits per heavy atom. The molecule has 9 rings (SSSR count). The zero-order valence-corrected chi connectivity index (χ0v) is 29.9. The first-order valence-corrected chi connectivity index (χ1v) is 17.8. The first kappa shape index (κ1) is 31.4. The van der Waals surface area contributed by atoms with Crippen molar-refractivity contribution in [3.8, 4) is 0 Å². The number of hydrogen-bond donors (Lipinski definition) is 4. The lowest BCUT2D eigenvalue weighted by Gasteiger charge is -2.14. The maximum atomic E-state index is 3.98. The highest BCUT2D eigenvalue weighted by Gasteiger charge is 2.26. The normalized spacial score (nSPS) is 19.2. The largest absolute Gasteiger partial charge is 0.361 e. The Morgan fingerprint density at radius 2 is 0.635 bits per heavy atom. The number of pyridine rings is 4. The molecule has 8 heteroatoms. The molecule has 1 fully saturated rings. The summed E-state index contributed by atoms with van der Waals surface area (Å²) in [5.41, 5.74) is 15.8. The standard InChI is InChI=1S/C44H40N8/c1-49-21-13-29(14-22-49)41-33-5-7-35(45-33)42(30-15-23-50(2)24-16-30)37-9-11-39(47-37)44(32-19-27-52(4)28-20-32)40-12-10-38(48-40)43(36-8-6-34(41)46-36)31-17-25-51(3)26-18-31/h5-9,11,13-28H,10,12H2,1-4H3,(H2,45,46,47)/q+2/p+2/b41-33-,41-34?,42-35-,42-37?,43-36?,43-38-,44-39?,44-40-. The monoisotopic (exact) mass is 682 g/mol. The van der Waals surface area contributed by atoms with Crippen molar-refractivity contribution in [2.45, 2.75) is 12.8 Å². The summed E-state index contributed by atoms with van der Waals surface area (Å²) in [7, 11) is 8.23. The van der Waals surface area contributed by atoms with Gasteiger partial charge in [-0.15, -0.1) is 0 Å². The summed E-state index contributed by atoms with van der Waals surface area (Å²) >= 11 is 0. The van der Waals surface area contributed by atoms with Gasteiger partial charge in [0.25, 0.3) is 0 Å². The summed E-state index contributed by atoms with van der Waals surface area (Å²) in [5.74, 6) is 0. The van der Waals surface area contributed by atoms with Crippen LogP contribution in [0.2, 0.25) is 0 Å². The Kier molecular flexibility index (Phi) is 7.65. The fourth-order valence-electron chi connectivity index (χ4n) is 7.56. The van der Waals surface area contributed by atoms with E-state index in [9.17, 15) is 0 Å². The molecule has 2 aliphatic rings. The van der Waals surface area contributed by atoms with Crippen molar-refractivity contribution in [1.82, 2.24) is 20.3 Å². The number of fused-ring (bicyclic) bond motifs is 8. The summed E-state index contributed by atoms with van der Waals surface area (Å²) in [6.07, 6.45) is 18.7. The Hall–Kier alpha value is -6.54. The van der Waals surface area contributed by atoms with Crippen molar-refractivity contribution in [2.24, 2.45) is 28.2 Å². The maximum Gasteiger partial charge on any atom is 0.169 e. The molecule has 9 heterocycles.